The molecule has 0 aromatic carbocycles. The molecule has 0 bridgehead atoms. The van der Waals surface area contributed by atoms with E-state index in [1.807, 2.05) is 0 Å². The molecule has 13 heavy (non-hydrogen) atoms. The summed E-state index contributed by atoms with van der Waals surface area (Å²) in [6.07, 6.45) is -0.00505. The molecule has 0 aromatic rings. The zero-order chi connectivity index (χ0) is 9.61. The molecule has 0 rings (SSSR count). The van der Waals surface area contributed by atoms with E-state index in [1.54, 1.807) is 12.1 Å². The van der Waals surface area contributed by atoms with Gasteiger partial charge in [0, 0.05) is 0 Å². The van der Waals surface area contributed by atoms with Crippen molar-refractivity contribution in [3.8, 4) is 12.1 Å². The van der Waals surface area contributed by atoms with Crippen LogP contribution in [0.1, 0.15) is 14.3 Å². The SMILES string of the molecule is N#CCC(C#N)CCS(=O)(=O)O.[H-].[Na+]. The zero-order valence-corrected chi connectivity index (χ0v) is 10.1. The van der Waals surface area contributed by atoms with Gasteiger partial charge in [-0.1, -0.05) is 0 Å². The van der Waals surface area contributed by atoms with E-state index in [-0.39, 0.29) is 43.8 Å². The van der Waals surface area contributed by atoms with E-state index in [9.17, 15) is 8.42 Å². The third-order valence-corrected chi connectivity index (χ3v) is 2.00. The van der Waals surface area contributed by atoms with Crippen LogP contribution in [0.4, 0.5) is 0 Å². The van der Waals surface area contributed by atoms with E-state index in [2.05, 4.69) is 0 Å². The Kier molecular flexibility index (Phi) is 8.64. The predicted octanol–water partition coefficient (Wildman–Crippen LogP) is -2.57. The summed E-state index contributed by atoms with van der Waals surface area (Å²) in [5.74, 6) is -1.08. The maximum atomic E-state index is 10.2. The molecule has 0 saturated heterocycles. The molecule has 5 nitrogen and oxygen atoms in total. The summed E-state index contributed by atoms with van der Waals surface area (Å²) < 4.78 is 28.7. The Hall–Kier alpha value is -0.110. The molecule has 68 valence electrons. The maximum Gasteiger partial charge on any atom is 1.00 e. The minimum Gasteiger partial charge on any atom is -1.00 e. The Morgan fingerprint density at radius 1 is 1.46 bits per heavy atom. The van der Waals surface area contributed by atoms with Crippen molar-refractivity contribution in [1.29, 1.82) is 10.5 Å². The van der Waals surface area contributed by atoms with Gasteiger partial charge < -0.3 is 1.43 Å². The van der Waals surface area contributed by atoms with Gasteiger partial charge in [0.05, 0.1) is 30.2 Å². The Morgan fingerprint density at radius 3 is 2.31 bits per heavy atom. The first-order chi connectivity index (χ1) is 5.49. The second-order valence-electron chi connectivity index (χ2n) is 2.26. The second-order valence-corrected chi connectivity index (χ2v) is 3.84. The molecular weight excluding hydrogens is 203 g/mol. The van der Waals surface area contributed by atoms with Crippen molar-refractivity contribution in [2.45, 2.75) is 12.8 Å². The zero-order valence-electron chi connectivity index (χ0n) is 8.27. The van der Waals surface area contributed by atoms with Crippen molar-refractivity contribution in [2.75, 3.05) is 5.75 Å². The first-order valence-electron chi connectivity index (χ1n) is 3.21. The first kappa shape index (κ1) is 15.4. The fourth-order valence-corrected chi connectivity index (χ4v) is 1.20. The Morgan fingerprint density at radius 2 is 2.00 bits per heavy atom. The second kappa shape index (κ2) is 7.31. The molecule has 0 aliphatic rings. The van der Waals surface area contributed by atoms with Gasteiger partial charge in [0.25, 0.3) is 10.1 Å². The molecule has 0 amide bonds. The molecule has 0 spiro atoms. The summed E-state index contributed by atoms with van der Waals surface area (Å²) in [7, 11) is -4.01. The molecule has 0 fully saturated rings. The van der Waals surface area contributed by atoms with Gasteiger partial charge in [-0.25, -0.2) is 0 Å². The molecule has 0 aliphatic heterocycles. The normalized spacial score (nSPS) is 11.9. The monoisotopic (exact) mass is 212 g/mol. The average molecular weight is 212 g/mol. The number of nitriles is 2. The molecule has 0 heterocycles. The van der Waals surface area contributed by atoms with Crippen LogP contribution in [-0.4, -0.2) is 18.7 Å². The van der Waals surface area contributed by atoms with Crippen LogP contribution in [0.2, 0.25) is 0 Å². The van der Waals surface area contributed by atoms with Gasteiger partial charge in [-0.05, 0) is 6.42 Å². The van der Waals surface area contributed by atoms with E-state index in [0.29, 0.717) is 0 Å². The van der Waals surface area contributed by atoms with Crippen molar-refractivity contribution in [1.82, 2.24) is 0 Å². The summed E-state index contributed by atoms with van der Waals surface area (Å²) in [5, 5.41) is 16.6. The van der Waals surface area contributed by atoms with Crippen LogP contribution in [0, 0.1) is 28.6 Å². The van der Waals surface area contributed by atoms with Gasteiger partial charge in [0.1, 0.15) is 0 Å². The van der Waals surface area contributed by atoms with E-state index < -0.39 is 21.8 Å². The van der Waals surface area contributed by atoms with Crippen LogP contribution in [0.3, 0.4) is 0 Å². The average Bonchev–Trinajstić information content (AvgIpc) is 1.96. The molecule has 1 unspecified atom stereocenters. The Balaban J connectivity index is -0.000000605. The number of rotatable bonds is 4. The van der Waals surface area contributed by atoms with E-state index in [4.69, 9.17) is 15.1 Å². The van der Waals surface area contributed by atoms with Gasteiger partial charge in [-0.3, -0.25) is 4.55 Å². The Bertz CT molecular complexity index is 319. The van der Waals surface area contributed by atoms with E-state index in [0.717, 1.165) is 0 Å². The first-order valence-corrected chi connectivity index (χ1v) is 4.82. The van der Waals surface area contributed by atoms with Crippen molar-refractivity contribution >= 4 is 10.1 Å². The van der Waals surface area contributed by atoms with Crippen LogP contribution >= 0.6 is 0 Å². The molecule has 0 saturated carbocycles. The van der Waals surface area contributed by atoms with Crippen molar-refractivity contribution in [3.05, 3.63) is 0 Å². The maximum absolute atomic E-state index is 10.2. The minimum absolute atomic E-state index is 0. The Labute approximate surface area is 101 Å². The molecule has 7 heteroatoms. The van der Waals surface area contributed by atoms with Crippen LogP contribution < -0.4 is 29.6 Å². The smallest absolute Gasteiger partial charge is 1.00 e. The fourth-order valence-electron chi connectivity index (χ4n) is 0.614. The fraction of sp³-hybridized carbons (Fsp3) is 0.667. The molecule has 1 atom stereocenters. The van der Waals surface area contributed by atoms with Crippen molar-refractivity contribution < 1.29 is 44.0 Å². The molecule has 0 radical (unpaired) electrons. The van der Waals surface area contributed by atoms with Gasteiger partial charge in [-0.2, -0.15) is 18.9 Å². The summed E-state index contributed by atoms with van der Waals surface area (Å²) in [6, 6.07) is 3.53. The van der Waals surface area contributed by atoms with Gasteiger partial charge in [-0.15, -0.1) is 0 Å². The molecule has 1 N–H and O–H groups in total. The number of nitrogens with zero attached hydrogens (tertiary/aromatic N) is 2. The van der Waals surface area contributed by atoms with Gasteiger partial charge >= 0.3 is 29.6 Å². The summed E-state index contributed by atoms with van der Waals surface area (Å²) in [6.45, 7) is 0. The van der Waals surface area contributed by atoms with Crippen LogP contribution in [-0.2, 0) is 10.1 Å². The number of hydrogen-bond donors (Lipinski definition) is 1. The van der Waals surface area contributed by atoms with Gasteiger partial charge in [0.15, 0.2) is 0 Å². The third-order valence-electron chi connectivity index (χ3n) is 1.24. The van der Waals surface area contributed by atoms with Crippen molar-refractivity contribution in [3.63, 3.8) is 0 Å². The predicted molar refractivity (Wildman–Crippen MR) is 41.5 cm³/mol. The van der Waals surface area contributed by atoms with Gasteiger partial charge in [0.2, 0.25) is 0 Å². The third kappa shape index (κ3) is 9.81. The molecule has 0 aromatic heterocycles. The quantitative estimate of drug-likeness (QED) is 0.408. The van der Waals surface area contributed by atoms with Crippen LogP contribution in [0.15, 0.2) is 0 Å². The minimum atomic E-state index is -4.01. The summed E-state index contributed by atoms with van der Waals surface area (Å²) in [4.78, 5) is 0. The topological polar surface area (TPSA) is 102 Å². The largest absolute Gasteiger partial charge is 1.00 e. The van der Waals surface area contributed by atoms with Crippen LogP contribution in [0.25, 0.3) is 0 Å². The molecular formula is C6H9N2NaO3S. The van der Waals surface area contributed by atoms with Crippen LogP contribution in [0.5, 0.6) is 0 Å². The standard InChI is InChI=1S/C6H8N2O3S.Na.H/c7-3-1-6(5-8)2-4-12(9,10)11;;/h6H,1-2,4H2,(H,9,10,11);;/q;+1;-1. The summed E-state index contributed by atoms with van der Waals surface area (Å²) >= 11 is 0. The molecule has 0 aliphatic carbocycles. The summed E-state index contributed by atoms with van der Waals surface area (Å²) in [5.41, 5.74) is 0. The van der Waals surface area contributed by atoms with Crippen molar-refractivity contribution in [2.24, 2.45) is 5.92 Å². The van der Waals surface area contributed by atoms with E-state index in [1.165, 1.54) is 0 Å². The van der Waals surface area contributed by atoms with E-state index >= 15 is 0 Å². The number of hydrogen-bond acceptors (Lipinski definition) is 4.